The molecule has 0 bridgehead atoms. The van der Waals surface area contributed by atoms with E-state index in [1.165, 1.54) is 16.6 Å². The molecule has 1 aromatic carbocycles. The predicted molar refractivity (Wildman–Crippen MR) is 70.0 cm³/mol. The third-order valence-corrected chi connectivity index (χ3v) is 2.87. The molecule has 0 unspecified atom stereocenters. The van der Waals surface area contributed by atoms with Crippen LogP contribution >= 0.6 is 0 Å². The highest BCUT2D eigenvalue weighted by Gasteiger charge is 2.05. The van der Waals surface area contributed by atoms with Gasteiger partial charge in [0.1, 0.15) is 0 Å². The Labute approximate surface area is 96.7 Å². The van der Waals surface area contributed by atoms with Gasteiger partial charge in [0.2, 0.25) is 0 Å². The molecule has 2 nitrogen and oxygen atoms in total. The fourth-order valence-electron chi connectivity index (χ4n) is 2.07. The monoisotopic (exact) mass is 214 g/mol. The maximum absolute atomic E-state index is 4.73. The summed E-state index contributed by atoms with van der Waals surface area (Å²) in [5.74, 6) is 0. The van der Waals surface area contributed by atoms with Crippen LogP contribution in [0.2, 0.25) is 0 Å². The van der Waals surface area contributed by atoms with Crippen molar-refractivity contribution in [1.82, 2.24) is 4.98 Å². The first kappa shape index (κ1) is 10.9. The lowest BCUT2D eigenvalue weighted by molar-refractivity contribution is 0.888. The molecular formula is C14H18N2. The van der Waals surface area contributed by atoms with Crippen molar-refractivity contribution < 1.29 is 0 Å². The van der Waals surface area contributed by atoms with Gasteiger partial charge in [0.05, 0.1) is 11.2 Å². The number of pyridine rings is 1. The first-order chi connectivity index (χ1) is 7.76. The predicted octanol–water partition coefficient (Wildman–Crippen LogP) is 3.54. The summed E-state index contributed by atoms with van der Waals surface area (Å²) < 4.78 is 0. The number of hydrogen-bond donors (Lipinski definition) is 1. The number of nitrogens with zero attached hydrogens (tertiary/aromatic N) is 1. The molecule has 16 heavy (non-hydrogen) atoms. The van der Waals surface area contributed by atoms with Crippen molar-refractivity contribution in [1.29, 1.82) is 0 Å². The number of para-hydroxylation sites is 1. The zero-order chi connectivity index (χ0) is 11.5. The summed E-state index contributed by atoms with van der Waals surface area (Å²) in [4.78, 5) is 4.73. The Morgan fingerprint density at radius 1 is 1.31 bits per heavy atom. The second-order valence-electron chi connectivity index (χ2n) is 4.13. The maximum Gasteiger partial charge on any atom is 0.0939 e. The Kier molecular flexibility index (Phi) is 3.09. The minimum atomic E-state index is 1.05. The van der Waals surface area contributed by atoms with E-state index in [1.807, 2.05) is 7.05 Å². The van der Waals surface area contributed by atoms with Gasteiger partial charge < -0.3 is 5.32 Å². The number of aryl methyl sites for hydroxylation is 2. The SMILES string of the molecule is CCCc1cc(C)c2cccc(NC)c2n1. The Bertz CT molecular complexity index is 503. The van der Waals surface area contributed by atoms with E-state index in [0.717, 1.165) is 24.0 Å². The summed E-state index contributed by atoms with van der Waals surface area (Å²) in [6, 6.07) is 8.48. The average Bonchev–Trinajstić information content (AvgIpc) is 2.29. The number of fused-ring (bicyclic) bond motifs is 1. The summed E-state index contributed by atoms with van der Waals surface area (Å²) in [7, 11) is 1.94. The van der Waals surface area contributed by atoms with Crippen LogP contribution in [-0.4, -0.2) is 12.0 Å². The number of hydrogen-bond acceptors (Lipinski definition) is 2. The fourth-order valence-corrected chi connectivity index (χ4v) is 2.07. The number of anilines is 1. The van der Waals surface area contributed by atoms with Crippen LogP contribution in [0.4, 0.5) is 5.69 Å². The van der Waals surface area contributed by atoms with Gasteiger partial charge in [-0.3, -0.25) is 4.98 Å². The first-order valence-corrected chi connectivity index (χ1v) is 5.83. The molecule has 0 aliphatic heterocycles. The van der Waals surface area contributed by atoms with Crippen LogP contribution in [-0.2, 0) is 6.42 Å². The van der Waals surface area contributed by atoms with E-state index < -0.39 is 0 Å². The lowest BCUT2D eigenvalue weighted by atomic mass is 10.1. The van der Waals surface area contributed by atoms with E-state index in [4.69, 9.17) is 4.98 Å². The second kappa shape index (κ2) is 4.52. The minimum absolute atomic E-state index is 1.05. The third kappa shape index (κ3) is 1.87. The van der Waals surface area contributed by atoms with Crippen molar-refractivity contribution in [2.75, 3.05) is 12.4 Å². The van der Waals surface area contributed by atoms with Crippen molar-refractivity contribution in [3.05, 3.63) is 35.5 Å². The van der Waals surface area contributed by atoms with Crippen LogP contribution in [0.5, 0.6) is 0 Å². The van der Waals surface area contributed by atoms with Gasteiger partial charge in [0.25, 0.3) is 0 Å². The van der Waals surface area contributed by atoms with Gasteiger partial charge >= 0.3 is 0 Å². The Morgan fingerprint density at radius 3 is 2.81 bits per heavy atom. The summed E-state index contributed by atoms with van der Waals surface area (Å²) in [5, 5.41) is 4.45. The molecule has 2 aromatic rings. The fraction of sp³-hybridized carbons (Fsp3) is 0.357. The molecule has 0 aliphatic rings. The van der Waals surface area contributed by atoms with Crippen molar-refractivity contribution >= 4 is 16.6 Å². The molecule has 1 N–H and O–H groups in total. The molecular weight excluding hydrogens is 196 g/mol. The molecule has 1 heterocycles. The number of aromatic nitrogens is 1. The minimum Gasteiger partial charge on any atom is -0.386 e. The highest BCUT2D eigenvalue weighted by molar-refractivity contribution is 5.92. The summed E-state index contributed by atoms with van der Waals surface area (Å²) in [6.07, 6.45) is 2.19. The van der Waals surface area contributed by atoms with Crippen molar-refractivity contribution in [2.24, 2.45) is 0 Å². The van der Waals surface area contributed by atoms with E-state index in [2.05, 4.69) is 43.4 Å². The van der Waals surface area contributed by atoms with Gasteiger partial charge in [-0.25, -0.2) is 0 Å². The van der Waals surface area contributed by atoms with E-state index >= 15 is 0 Å². The zero-order valence-corrected chi connectivity index (χ0v) is 10.2. The first-order valence-electron chi connectivity index (χ1n) is 5.83. The molecule has 0 amide bonds. The maximum atomic E-state index is 4.73. The number of rotatable bonds is 3. The van der Waals surface area contributed by atoms with Gasteiger partial charge in [-0.15, -0.1) is 0 Å². The van der Waals surface area contributed by atoms with Crippen LogP contribution in [0.3, 0.4) is 0 Å². The van der Waals surface area contributed by atoms with Crippen LogP contribution in [0, 0.1) is 6.92 Å². The lowest BCUT2D eigenvalue weighted by Gasteiger charge is -2.09. The second-order valence-corrected chi connectivity index (χ2v) is 4.13. The lowest BCUT2D eigenvalue weighted by Crippen LogP contribution is -1.96. The third-order valence-electron chi connectivity index (χ3n) is 2.87. The van der Waals surface area contributed by atoms with Crippen molar-refractivity contribution in [3.63, 3.8) is 0 Å². The van der Waals surface area contributed by atoms with Gasteiger partial charge in [0.15, 0.2) is 0 Å². The number of nitrogens with one attached hydrogen (secondary N) is 1. The molecule has 2 rings (SSSR count). The largest absolute Gasteiger partial charge is 0.386 e. The smallest absolute Gasteiger partial charge is 0.0939 e. The van der Waals surface area contributed by atoms with Gasteiger partial charge in [0, 0.05) is 18.1 Å². The van der Waals surface area contributed by atoms with Gasteiger partial charge in [-0.05, 0) is 31.0 Å². The van der Waals surface area contributed by atoms with Crippen molar-refractivity contribution in [3.8, 4) is 0 Å². The van der Waals surface area contributed by atoms with E-state index in [1.54, 1.807) is 0 Å². The quantitative estimate of drug-likeness (QED) is 0.845. The molecule has 0 saturated heterocycles. The highest BCUT2D eigenvalue weighted by Crippen LogP contribution is 2.24. The standard InChI is InChI=1S/C14H18N2/c1-4-6-11-9-10(2)12-7-5-8-13(15-3)14(12)16-11/h5,7-9,15H,4,6H2,1-3H3. The molecule has 1 aromatic heterocycles. The molecule has 0 fully saturated rings. The molecule has 0 aliphatic carbocycles. The van der Waals surface area contributed by atoms with Gasteiger partial charge in [-0.2, -0.15) is 0 Å². The van der Waals surface area contributed by atoms with Crippen LogP contribution < -0.4 is 5.32 Å². The molecule has 0 atom stereocenters. The molecule has 84 valence electrons. The molecule has 0 radical (unpaired) electrons. The highest BCUT2D eigenvalue weighted by atomic mass is 14.9. The van der Waals surface area contributed by atoms with E-state index in [9.17, 15) is 0 Å². The van der Waals surface area contributed by atoms with E-state index in [-0.39, 0.29) is 0 Å². The zero-order valence-electron chi connectivity index (χ0n) is 10.2. The topological polar surface area (TPSA) is 24.9 Å². The Hall–Kier alpha value is -1.57. The van der Waals surface area contributed by atoms with E-state index in [0.29, 0.717) is 0 Å². The van der Waals surface area contributed by atoms with Crippen LogP contribution in [0.25, 0.3) is 10.9 Å². The van der Waals surface area contributed by atoms with Crippen LogP contribution in [0.1, 0.15) is 24.6 Å². The number of benzene rings is 1. The Balaban J connectivity index is 2.67. The molecule has 0 saturated carbocycles. The van der Waals surface area contributed by atoms with Crippen LogP contribution in [0.15, 0.2) is 24.3 Å². The average molecular weight is 214 g/mol. The summed E-state index contributed by atoms with van der Waals surface area (Å²) in [5.41, 5.74) is 4.70. The molecule has 2 heteroatoms. The Morgan fingerprint density at radius 2 is 2.12 bits per heavy atom. The summed E-state index contributed by atoms with van der Waals surface area (Å²) in [6.45, 7) is 4.34. The van der Waals surface area contributed by atoms with Gasteiger partial charge in [-0.1, -0.05) is 25.5 Å². The summed E-state index contributed by atoms with van der Waals surface area (Å²) >= 11 is 0. The molecule has 0 spiro atoms. The van der Waals surface area contributed by atoms with Crippen molar-refractivity contribution in [2.45, 2.75) is 26.7 Å². The normalized spacial score (nSPS) is 10.7.